The van der Waals surface area contributed by atoms with Gasteiger partial charge >= 0.3 is 0 Å². The first kappa shape index (κ1) is 17.9. The van der Waals surface area contributed by atoms with Gasteiger partial charge in [0.2, 0.25) is 5.91 Å². The van der Waals surface area contributed by atoms with Crippen LogP contribution in [-0.2, 0) is 0 Å². The van der Waals surface area contributed by atoms with Crippen LogP contribution in [0.5, 0.6) is 0 Å². The number of hydrazone groups is 1. The van der Waals surface area contributed by atoms with Crippen LogP contribution in [0.3, 0.4) is 0 Å². The Hall–Kier alpha value is -3.42. The van der Waals surface area contributed by atoms with Gasteiger partial charge in [0, 0.05) is 17.1 Å². The van der Waals surface area contributed by atoms with Crippen LogP contribution < -0.4 is 5.84 Å². The van der Waals surface area contributed by atoms with Crippen molar-refractivity contribution in [2.24, 2.45) is 16.1 Å². The number of aromatic nitrogens is 1. The number of fused-ring (bicyclic) bond motifs is 1. The lowest BCUT2D eigenvalue weighted by atomic mass is 10.1. The van der Waals surface area contributed by atoms with Gasteiger partial charge in [0.25, 0.3) is 0 Å². The van der Waals surface area contributed by atoms with Crippen LogP contribution >= 0.6 is 0 Å². The van der Waals surface area contributed by atoms with Crippen molar-refractivity contribution in [2.75, 3.05) is 0 Å². The maximum absolute atomic E-state index is 13.7. The zero-order chi connectivity index (χ0) is 18.4. The number of carbonyl (C=O) groups excluding carboxylic acids is 1. The van der Waals surface area contributed by atoms with Gasteiger partial charge < -0.3 is 5.84 Å². The molecular formula is C17H15F2N5O. The monoisotopic (exact) mass is 343 g/mol. The van der Waals surface area contributed by atoms with E-state index in [9.17, 15) is 13.6 Å². The summed E-state index contributed by atoms with van der Waals surface area (Å²) < 4.78 is 27.4. The van der Waals surface area contributed by atoms with Crippen molar-refractivity contribution in [2.45, 2.75) is 6.42 Å². The Morgan fingerprint density at radius 1 is 1.36 bits per heavy atom. The highest BCUT2D eigenvalue weighted by Crippen LogP contribution is 2.20. The fourth-order valence-corrected chi connectivity index (χ4v) is 2.21. The Balaban J connectivity index is 2.25. The first-order valence-electron chi connectivity index (χ1n) is 7.13. The smallest absolute Gasteiger partial charge is 0.237 e. The van der Waals surface area contributed by atoms with Crippen molar-refractivity contribution in [3.63, 3.8) is 0 Å². The van der Waals surface area contributed by atoms with Crippen LogP contribution in [0.4, 0.5) is 8.78 Å². The second-order valence-electron chi connectivity index (χ2n) is 5.01. The molecule has 0 saturated carbocycles. The van der Waals surface area contributed by atoms with Gasteiger partial charge in [0.15, 0.2) is 5.84 Å². The van der Waals surface area contributed by atoms with Crippen LogP contribution in [0.1, 0.15) is 16.8 Å². The van der Waals surface area contributed by atoms with Gasteiger partial charge in [-0.3, -0.25) is 9.36 Å². The lowest BCUT2D eigenvalue weighted by molar-refractivity contribution is 0.0913. The SMILES string of the molecule is C=C(F)/C=C\C=C(\F)CC(=O)n1ccc2cc(/C(N=N)=N/N)ccc21. The number of carbonyl (C=O) groups is 1. The van der Waals surface area contributed by atoms with Crippen molar-refractivity contribution < 1.29 is 13.6 Å². The number of allylic oxidation sites excluding steroid dienone is 5. The highest BCUT2D eigenvalue weighted by Gasteiger charge is 2.12. The largest absolute Gasteiger partial charge is 0.321 e. The van der Waals surface area contributed by atoms with Crippen LogP contribution in [0.15, 0.2) is 77.1 Å². The summed E-state index contributed by atoms with van der Waals surface area (Å²) in [5.74, 6) is 3.32. The van der Waals surface area contributed by atoms with E-state index in [0.717, 1.165) is 18.2 Å². The summed E-state index contributed by atoms with van der Waals surface area (Å²) in [6.45, 7) is 3.01. The molecule has 1 aromatic carbocycles. The van der Waals surface area contributed by atoms with Crippen molar-refractivity contribution in [3.8, 4) is 0 Å². The van der Waals surface area contributed by atoms with Gasteiger partial charge in [0.1, 0.15) is 11.7 Å². The molecule has 3 N–H and O–H groups in total. The number of nitrogens with two attached hydrogens (primary N) is 1. The van der Waals surface area contributed by atoms with E-state index in [0.29, 0.717) is 16.5 Å². The molecule has 0 radical (unpaired) electrons. The Labute approximate surface area is 142 Å². The third kappa shape index (κ3) is 4.31. The summed E-state index contributed by atoms with van der Waals surface area (Å²) in [7, 11) is 0. The van der Waals surface area contributed by atoms with E-state index >= 15 is 0 Å². The lowest BCUT2D eigenvalue weighted by Crippen LogP contribution is -2.09. The summed E-state index contributed by atoms with van der Waals surface area (Å²) in [5, 5.41) is 7.30. The summed E-state index contributed by atoms with van der Waals surface area (Å²) in [4.78, 5) is 12.2. The summed E-state index contributed by atoms with van der Waals surface area (Å²) in [6, 6.07) is 6.58. The van der Waals surface area contributed by atoms with Crippen molar-refractivity contribution in [3.05, 3.63) is 72.5 Å². The van der Waals surface area contributed by atoms with Gasteiger partial charge in [-0.25, -0.2) is 14.3 Å². The van der Waals surface area contributed by atoms with Gasteiger partial charge in [-0.1, -0.05) is 12.7 Å². The number of benzene rings is 1. The summed E-state index contributed by atoms with van der Waals surface area (Å²) in [6.07, 6.45) is 4.19. The van der Waals surface area contributed by atoms with Crippen molar-refractivity contribution in [1.29, 1.82) is 5.53 Å². The number of rotatable bonds is 5. The minimum atomic E-state index is -0.706. The van der Waals surface area contributed by atoms with Gasteiger partial charge in [-0.15, -0.1) is 5.11 Å². The quantitative estimate of drug-likeness (QED) is 0.212. The lowest BCUT2D eigenvalue weighted by Gasteiger charge is -2.04. The number of hydrogen-bond acceptors (Lipinski definition) is 4. The van der Waals surface area contributed by atoms with E-state index in [2.05, 4.69) is 16.8 Å². The molecule has 0 saturated heterocycles. The predicted molar refractivity (Wildman–Crippen MR) is 91.6 cm³/mol. The maximum atomic E-state index is 13.7. The Kier molecular flexibility index (Phi) is 5.67. The number of halogens is 2. The molecule has 0 unspecified atom stereocenters. The molecule has 0 aliphatic heterocycles. The standard InChI is InChI=1S/C17H15F2N5O/c1-11(18)3-2-4-14(19)10-16(25)24-8-7-12-9-13(5-6-15(12)24)17(22-20)23-21/h2-9,20H,1,10,21H2/b3-2-,14-4+,22-20?,23-17-. The van der Waals surface area contributed by atoms with Crippen molar-refractivity contribution in [1.82, 2.24) is 4.57 Å². The molecule has 2 rings (SSSR count). The minimum absolute atomic E-state index is 0.0520. The topological polar surface area (TPSA) is 96.6 Å². The Morgan fingerprint density at radius 3 is 2.76 bits per heavy atom. The van der Waals surface area contributed by atoms with E-state index in [1.807, 2.05) is 0 Å². The van der Waals surface area contributed by atoms with Gasteiger partial charge in [0.05, 0.1) is 11.9 Å². The summed E-state index contributed by atoms with van der Waals surface area (Å²) >= 11 is 0. The number of amidine groups is 1. The molecule has 6 nitrogen and oxygen atoms in total. The van der Waals surface area contributed by atoms with Crippen molar-refractivity contribution >= 4 is 22.6 Å². The second kappa shape index (κ2) is 7.91. The first-order chi connectivity index (χ1) is 12.0. The molecule has 25 heavy (non-hydrogen) atoms. The van der Waals surface area contributed by atoms with E-state index in [-0.39, 0.29) is 5.84 Å². The first-order valence-corrected chi connectivity index (χ1v) is 7.13. The van der Waals surface area contributed by atoms with Gasteiger partial charge in [-0.2, -0.15) is 5.10 Å². The van der Waals surface area contributed by atoms with Crippen LogP contribution in [0.25, 0.3) is 10.9 Å². The van der Waals surface area contributed by atoms with E-state index in [1.165, 1.54) is 10.8 Å². The third-order valence-corrected chi connectivity index (χ3v) is 3.32. The third-order valence-electron chi connectivity index (χ3n) is 3.32. The molecule has 0 aliphatic carbocycles. The molecule has 0 bridgehead atoms. The van der Waals surface area contributed by atoms with E-state index < -0.39 is 24.0 Å². The highest BCUT2D eigenvalue weighted by atomic mass is 19.1. The minimum Gasteiger partial charge on any atom is -0.321 e. The molecule has 8 heteroatoms. The molecule has 0 spiro atoms. The average molecular weight is 343 g/mol. The fourth-order valence-electron chi connectivity index (χ4n) is 2.21. The van der Waals surface area contributed by atoms with E-state index in [1.54, 1.807) is 24.3 Å². The second-order valence-corrected chi connectivity index (χ2v) is 5.01. The van der Waals surface area contributed by atoms with Gasteiger partial charge in [-0.05, 0) is 36.4 Å². The van der Waals surface area contributed by atoms with Crippen LogP contribution in [0.2, 0.25) is 0 Å². The number of hydrogen-bond donors (Lipinski definition) is 2. The van der Waals surface area contributed by atoms with E-state index in [4.69, 9.17) is 11.4 Å². The zero-order valence-corrected chi connectivity index (χ0v) is 13.1. The molecule has 128 valence electrons. The molecular weight excluding hydrogens is 328 g/mol. The molecule has 0 fully saturated rings. The maximum Gasteiger partial charge on any atom is 0.237 e. The molecule has 1 aromatic heterocycles. The number of nitrogens with one attached hydrogen (secondary N) is 1. The Morgan fingerprint density at radius 2 is 2.12 bits per heavy atom. The zero-order valence-electron chi connectivity index (χ0n) is 13.1. The molecule has 0 aliphatic rings. The average Bonchev–Trinajstić information content (AvgIpc) is 2.99. The van der Waals surface area contributed by atoms with Crippen LogP contribution in [0, 0.1) is 5.53 Å². The molecule has 1 heterocycles. The molecule has 0 atom stereocenters. The van der Waals surface area contributed by atoms with Crippen LogP contribution in [-0.4, -0.2) is 16.3 Å². The molecule has 0 amide bonds. The summed E-state index contributed by atoms with van der Waals surface area (Å²) in [5.41, 5.74) is 8.10. The Bertz CT molecular complexity index is 924. The fraction of sp³-hybridized carbons (Fsp3) is 0.0588. The molecule has 2 aromatic rings. The highest BCUT2D eigenvalue weighted by molar-refractivity contribution is 6.03. The number of nitrogens with zero attached hydrogens (tertiary/aromatic N) is 3. The predicted octanol–water partition coefficient (Wildman–Crippen LogP) is 4.22. The normalized spacial score (nSPS) is 12.7.